The second-order valence-corrected chi connectivity index (χ2v) is 9.36. The van der Waals surface area contributed by atoms with Gasteiger partial charge in [-0.1, -0.05) is 36.4 Å². The lowest BCUT2D eigenvalue weighted by atomic mass is 10.1. The predicted octanol–water partition coefficient (Wildman–Crippen LogP) is 5.40. The smallest absolute Gasteiger partial charge is 0.307 e. The minimum Gasteiger partial charge on any atom is -0.491 e. The number of likely N-dealkylation sites (N-methyl/N-ethyl adjacent to an activating group) is 1. The summed E-state index contributed by atoms with van der Waals surface area (Å²) in [6, 6.07) is 21.7. The van der Waals surface area contributed by atoms with Gasteiger partial charge in [-0.2, -0.15) is 0 Å². The van der Waals surface area contributed by atoms with E-state index >= 15 is 0 Å². The largest absolute Gasteiger partial charge is 0.491 e. The molecule has 6 heteroatoms. The number of hydrogen-bond acceptors (Lipinski definition) is 4. The summed E-state index contributed by atoms with van der Waals surface area (Å²) >= 11 is 0. The molecule has 0 bridgehead atoms. The number of fused-ring (bicyclic) bond motifs is 2. The van der Waals surface area contributed by atoms with Crippen molar-refractivity contribution in [1.29, 1.82) is 0 Å². The first-order chi connectivity index (χ1) is 17.4. The average molecular weight is 483 g/mol. The number of hydrogen-bond donors (Lipinski definition) is 1. The molecule has 0 saturated carbocycles. The highest BCUT2D eigenvalue weighted by atomic mass is 16.5. The Morgan fingerprint density at radius 2 is 1.78 bits per heavy atom. The fourth-order valence-electron chi connectivity index (χ4n) is 5.43. The van der Waals surface area contributed by atoms with Crippen molar-refractivity contribution < 1.29 is 19.4 Å². The average Bonchev–Trinajstić information content (AvgIpc) is 3.37. The van der Waals surface area contributed by atoms with Gasteiger partial charge >= 0.3 is 5.97 Å². The zero-order valence-electron chi connectivity index (χ0n) is 20.8. The summed E-state index contributed by atoms with van der Waals surface area (Å²) in [5.74, 6) is -0.338. The standard InChI is InChI=1S/C30H30N2O4/c1-4-31-23(16-21-9-5-7-11-26(21)31)18-36-28-14-13-22(15-19(28)2)30(35)32-20(3)25(17-29(33)34)24-10-6-8-12-27(24)32/h5-15,23H,4,16-18H2,1-3H3,(H,33,34)/t23-/m1/s1. The highest BCUT2D eigenvalue weighted by molar-refractivity contribution is 6.04. The van der Waals surface area contributed by atoms with Crippen LogP contribution in [0.3, 0.4) is 0 Å². The SMILES string of the molecule is CCN1c2ccccc2C[C@@H]1COc1ccc(C(=O)n2c(C)c(CC(=O)O)c3ccccc32)cc1C. The summed E-state index contributed by atoms with van der Waals surface area (Å²) in [5.41, 5.74) is 6.09. The van der Waals surface area contributed by atoms with Gasteiger partial charge in [-0.15, -0.1) is 0 Å². The van der Waals surface area contributed by atoms with Crippen LogP contribution in [-0.4, -0.2) is 40.7 Å². The molecule has 0 saturated heterocycles. The monoisotopic (exact) mass is 482 g/mol. The molecule has 0 unspecified atom stereocenters. The maximum Gasteiger partial charge on any atom is 0.307 e. The van der Waals surface area contributed by atoms with Gasteiger partial charge in [0.25, 0.3) is 5.91 Å². The van der Waals surface area contributed by atoms with Gasteiger partial charge in [0.2, 0.25) is 0 Å². The molecule has 0 radical (unpaired) electrons. The van der Waals surface area contributed by atoms with Gasteiger partial charge in [0.05, 0.1) is 18.0 Å². The van der Waals surface area contributed by atoms with Crippen molar-refractivity contribution in [3.8, 4) is 5.75 Å². The van der Waals surface area contributed by atoms with Crippen LogP contribution in [0.25, 0.3) is 10.9 Å². The first kappa shape index (κ1) is 23.7. The molecule has 1 N–H and O–H groups in total. The van der Waals surface area contributed by atoms with E-state index in [-0.39, 0.29) is 18.4 Å². The van der Waals surface area contributed by atoms with E-state index in [1.54, 1.807) is 17.6 Å². The van der Waals surface area contributed by atoms with Crippen LogP contribution in [0.2, 0.25) is 0 Å². The van der Waals surface area contributed by atoms with Crippen LogP contribution in [-0.2, 0) is 17.6 Å². The number of carboxylic acids is 1. The maximum absolute atomic E-state index is 13.6. The summed E-state index contributed by atoms with van der Waals surface area (Å²) in [6.07, 6.45) is 0.830. The van der Waals surface area contributed by atoms with E-state index in [0.717, 1.165) is 35.2 Å². The van der Waals surface area contributed by atoms with Gasteiger partial charge in [-0.3, -0.25) is 14.2 Å². The Bertz CT molecular complexity index is 1470. The van der Waals surface area contributed by atoms with Gasteiger partial charge in [-0.25, -0.2) is 0 Å². The van der Waals surface area contributed by atoms with Crippen molar-refractivity contribution in [2.45, 2.75) is 39.7 Å². The Labute approximate surface area is 210 Å². The normalized spacial score (nSPS) is 14.8. The Kier molecular flexibility index (Phi) is 6.27. The van der Waals surface area contributed by atoms with Crippen LogP contribution >= 0.6 is 0 Å². The van der Waals surface area contributed by atoms with Crippen LogP contribution in [0.4, 0.5) is 5.69 Å². The molecule has 0 aliphatic carbocycles. The molecule has 1 aliphatic heterocycles. The first-order valence-electron chi connectivity index (χ1n) is 12.3. The molecule has 6 nitrogen and oxygen atoms in total. The highest BCUT2D eigenvalue weighted by Crippen LogP contribution is 2.33. The van der Waals surface area contributed by atoms with Gasteiger partial charge in [-0.05, 0) is 74.2 Å². The molecular formula is C30H30N2O4. The summed E-state index contributed by atoms with van der Waals surface area (Å²) in [4.78, 5) is 27.4. The quantitative estimate of drug-likeness (QED) is 0.382. The second-order valence-electron chi connectivity index (χ2n) is 9.36. The number of carboxylic acid groups (broad SMARTS) is 1. The number of aliphatic carboxylic acids is 1. The molecule has 0 amide bonds. The zero-order chi connectivity index (χ0) is 25.4. The summed E-state index contributed by atoms with van der Waals surface area (Å²) < 4.78 is 7.86. The highest BCUT2D eigenvalue weighted by Gasteiger charge is 2.28. The van der Waals surface area contributed by atoms with Crippen LogP contribution in [0.5, 0.6) is 5.75 Å². The van der Waals surface area contributed by atoms with E-state index in [1.165, 1.54) is 11.3 Å². The molecule has 184 valence electrons. The molecule has 1 aromatic heterocycles. The number of aryl methyl sites for hydroxylation is 1. The lowest BCUT2D eigenvalue weighted by Gasteiger charge is -2.26. The molecule has 2 heterocycles. The number of rotatable bonds is 7. The van der Waals surface area contributed by atoms with E-state index < -0.39 is 5.97 Å². The second kappa shape index (κ2) is 9.53. The topological polar surface area (TPSA) is 71.8 Å². The van der Waals surface area contributed by atoms with E-state index in [9.17, 15) is 14.7 Å². The molecule has 1 aliphatic rings. The summed E-state index contributed by atoms with van der Waals surface area (Å²) in [7, 11) is 0. The molecule has 3 aromatic carbocycles. The predicted molar refractivity (Wildman–Crippen MR) is 141 cm³/mol. The molecule has 36 heavy (non-hydrogen) atoms. The van der Waals surface area contributed by atoms with Crippen molar-refractivity contribution in [3.63, 3.8) is 0 Å². The zero-order valence-corrected chi connectivity index (χ0v) is 20.8. The fourth-order valence-corrected chi connectivity index (χ4v) is 5.43. The minimum atomic E-state index is -0.919. The molecule has 0 fully saturated rings. The van der Waals surface area contributed by atoms with Crippen molar-refractivity contribution >= 4 is 28.5 Å². The van der Waals surface area contributed by atoms with Crippen LogP contribution in [0.1, 0.15) is 39.7 Å². The van der Waals surface area contributed by atoms with E-state index in [1.807, 2.05) is 43.3 Å². The third-order valence-corrected chi connectivity index (χ3v) is 7.16. The molecule has 4 aromatic rings. The summed E-state index contributed by atoms with van der Waals surface area (Å²) in [5, 5.41) is 10.2. The van der Waals surface area contributed by atoms with Crippen LogP contribution in [0.15, 0.2) is 66.7 Å². The van der Waals surface area contributed by atoms with E-state index in [4.69, 9.17) is 4.74 Å². The van der Waals surface area contributed by atoms with Gasteiger partial charge in [0.15, 0.2) is 0 Å². The first-order valence-corrected chi connectivity index (χ1v) is 12.3. The minimum absolute atomic E-state index is 0.127. The lowest BCUT2D eigenvalue weighted by Crippen LogP contribution is -2.36. The van der Waals surface area contributed by atoms with Crippen molar-refractivity contribution in [3.05, 3.63) is 94.7 Å². The van der Waals surface area contributed by atoms with Gasteiger partial charge in [0.1, 0.15) is 12.4 Å². The number of carbonyl (C=O) groups is 2. The van der Waals surface area contributed by atoms with E-state index in [2.05, 4.69) is 36.1 Å². The Morgan fingerprint density at radius 3 is 2.53 bits per heavy atom. The van der Waals surface area contributed by atoms with Crippen molar-refractivity contribution in [2.24, 2.45) is 0 Å². The molecule has 5 rings (SSSR count). The third kappa shape index (κ3) is 4.13. The Hall–Kier alpha value is -4.06. The third-order valence-electron chi connectivity index (χ3n) is 7.16. The fraction of sp³-hybridized carbons (Fsp3) is 0.267. The lowest BCUT2D eigenvalue weighted by molar-refractivity contribution is -0.136. The van der Waals surface area contributed by atoms with Crippen LogP contribution in [0, 0.1) is 13.8 Å². The van der Waals surface area contributed by atoms with Gasteiger partial charge < -0.3 is 14.7 Å². The summed E-state index contributed by atoms with van der Waals surface area (Å²) in [6.45, 7) is 7.40. The Morgan fingerprint density at radius 1 is 1.03 bits per heavy atom. The van der Waals surface area contributed by atoms with E-state index in [0.29, 0.717) is 23.4 Å². The number of nitrogens with zero attached hydrogens (tertiary/aromatic N) is 2. The maximum atomic E-state index is 13.6. The van der Waals surface area contributed by atoms with Gasteiger partial charge in [0, 0.05) is 28.9 Å². The molecule has 1 atom stereocenters. The number of para-hydroxylation sites is 2. The van der Waals surface area contributed by atoms with Crippen LogP contribution < -0.4 is 9.64 Å². The number of carbonyl (C=O) groups excluding carboxylic acids is 1. The molecule has 0 spiro atoms. The Balaban J connectivity index is 1.38. The number of ether oxygens (including phenoxy) is 1. The molecular weight excluding hydrogens is 452 g/mol. The van der Waals surface area contributed by atoms with Crippen molar-refractivity contribution in [2.75, 3.05) is 18.1 Å². The number of anilines is 1. The number of benzene rings is 3. The van der Waals surface area contributed by atoms with Crippen molar-refractivity contribution in [1.82, 2.24) is 4.57 Å². The number of aromatic nitrogens is 1.